The van der Waals surface area contributed by atoms with Crippen LogP contribution in [-0.4, -0.2) is 36.6 Å². The van der Waals surface area contributed by atoms with Crippen LogP contribution in [0.25, 0.3) is 0 Å². The van der Waals surface area contributed by atoms with E-state index in [1.165, 1.54) is 51.7 Å². The van der Waals surface area contributed by atoms with Crippen molar-refractivity contribution in [3.05, 3.63) is 0 Å². The van der Waals surface area contributed by atoms with Crippen LogP contribution in [0.4, 0.5) is 0 Å². The van der Waals surface area contributed by atoms with Crippen molar-refractivity contribution in [1.29, 1.82) is 0 Å². The van der Waals surface area contributed by atoms with Gasteiger partial charge in [0.05, 0.1) is 0 Å². The Kier molecular flexibility index (Phi) is 3.91. The fraction of sp³-hybridized carbons (Fsp3) is 1.00. The smallest absolute Gasteiger partial charge is 0.0198 e. The third-order valence-electron chi connectivity index (χ3n) is 4.16. The predicted molar refractivity (Wildman–Crippen MR) is 69.7 cm³/mol. The van der Waals surface area contributed by atoms with E-state index in [0.717, 1.165) is 12.1 Å². The van der Waals surface area contributed by atoms with Gasteiger partial charge in [-0.1, -0.05) is 20.8 Å². The van der Waals surface area contributed by atoms with Crippen LogP contribution in [0.1, 0.15) is 52.9 Å². The lowest BCUT2D eigenvalue weighted by atomic mass is 9.88. The van der Waals surface area contributed by atoms with Crippen LogP contribution in [0.2, 0.25) is 0 Å². The first-order chi connectivity index (χ1) is 7.59. The summed E-state index contributed by atoms with van der Waals surface area (Å²) >= 11 is 0. The molecule has 1 aliphatic heterocycles. The van der Waals surface area contributed by atoms with Crippen LogP contribution in [0, 0.1) is 5.41 Å². The molecule has 1 atom stereocenters. The molecule has 0 bridgehead atoms. The molecule has 2 rings (SSSR count). The van der Waals surface area contributed by atoms with Gasteiger partial charge in [-0.2, -0.15) is 0 Å². The first kappa shape index (κ1) is 12.4. The van der Waals surface area contributed by atoms with Crippen LogP contribution in [0.15, 0.2) is 0 Å². The van der Waals surface area contributed by atoms with E-state index in [4.69, 9.17) is 0 Å². The monoisotopic (exact) mass is 224 g/mol. The van der Waals surface area contributed by atoms with Crippen molar-refractivity contribution in [2.24, 2.45) is 5.41 Å². The molecule has 1 heterocycles. The maximum atomic E-state index is 3.78. The first-order valence-corrected chi connectivity index (χ1v) is 7.07. The Morgan fingerprint density at radius 3 is 2.56 bits per heavy atom. The maximum Gasteiger partial charge on any atom is 0.0198 e. The van der Waals surface area contributed by atoms with Crippen LogP contribution < -0.4 is 5.32 Å². The molecule has 16 heavy (non-hydrogen) atoms. The quantitative estimate of drug-likeness (QED) is 0.772. The molecule has 1 saturated carbocycles. The van der Waals surface area contributed by atoms with Gasteiger partial charge in [-0.3, -0.25) is 0 Å². The van der Waals surface area contributed by atoms with Crippen molar-refractivity contribution < 1.29 is 0 Å². The Labute approximate surface area is 101 Å². The molecule has 0 amide bonds. The Balaban J connectivity index is 1.76. The zero-order valence-corrected chi connectivity index (χ0v) is 11.3. The van der Waals surface area contributed by atoms with Gasteiger partial charge in [0, 0.05) is 25.2 Å². The van der Waals surface area contributed by atoms with E-state index in [1.54, 1.807) is 0 Å². The molecule has 1 aliphatic carbocycles. The van der Waals surface area contributed by atoms with Gasteiger partial charge in [-0.15, -0.1) is 0 Å². The van der Waals surface area contributed by atoms with Crippen LogP contribution in [-0.2, 0) is 0 Å². The van der Waals surface area contributed by atoms with Gasteiger partial charge in [0.25, 0.3) is 0 Å². The fourth-order valence-electron chi connectivity index (χ4n) is 2.64. The molecule has 2 nitrogen and oxygen atoms in total. The topological polar surface area (TPSA) is 15.3 Å². The normalized spacial score (nSPS) is 28.3. The third kappa shape index (κ3) is 3.74. The molecule has 0 aromatic heterocycles. The molecule has 2 heteroatoms. The summed E-state index contributed by atoms with van der Waals surface area (Å²) in [6.45, 7) is 11.0. The largest absolute Gasteiger partial charge is 0.310 e. The van der Waals surface area contributed by atoms with Gasteiger partial charge in [-0.05, 0) is 44.1 Å². The van der Waals surface area contributed by atoms with E-state index in [-0.39, 0.29) is 0 Å². The lowest BCUT2D eigenvalue weighted by Crippen LogP contribution is -2.48. The van der Waals surface area contributed by atoms with Crippen molar-refractivity contribution in [3.8, 4) is 0 Å². The number of nitrogens with zero attached hydrogens (tertiary/aromatic N) is 1. The zero-order valence-electron chi connectivity index (χ0n) is 11.3. The number of rotatable bonds is 5. The highest BCUT2D eigenvalue weighted by Gasteiger charge is 2.29. The molecular formula is C14H28N2. The summed E-state index contributed by atoms with van der Waals surface area (Å²) in [6.07, 6.45) is 6.88. The minimum absolute atomic E-state index is 0.488. The fourth-order valence-corrected chi connectivity index (χ4v) is 2.64. The Morgan fingerprint density at radius 1 is 1.19 bits per heavy atom. The second-order valence-corrected chi connectivity index (χ2v) is 6.53. The van der Waals surface area contributed by atoms with Crippen LogP contribution in [0.5, 0.6) is 0 Å². The predicted octanol–water partition coefficient (Wildman–Crippen LogP) is 2.64. The van der Waals surface area contributed by atoms with Gasteiger partial charge in [0.1, 0.15) is 0 Å². The third-order valence-corrected chi connectivity index (χ3v) is 4.16. The van der Waals surface area contributed by atoms with Gasteiger partial charge >= 0.3 is 0 Å². The van der Waals surface area contributed by atoms with E-state index in [2.05, 4.69) is 31.0 Å². The molecule has 0 aromatic carbocycles. The number of nitrogens with one attached hydrogen (secondary N) is 1. The van der Waals surface area contributed by atoms with E-state index >= 15 is 0 Å². The van der Waals surface area contributed by atoms with Crippen molar-refractivity contribution in [1.82, 2.24) is 10.2 Å². The van der Waals surface area contributed by atoms with E-state index in [0.29, 0.717) is 5.41 Å². The average Bonchev–Trinajstić information content (AvgIpc) is 3.02. The lowest BCUT2D eigenvalue weighted by molar-refractivity contribution is 0.129. The Morgan fingerprint density at radius 2 is 1.94 bits per heavy atom. The van der Waals surface area contributed by atoms with E-state index in [1.807, 2.05) is 0 Å². The number of hydrogen-bond acceptors (Lipinski definition) is 2. The summed E-state index contributed by atoms with van der Waals surface area (Å²) in [5.74, 6) is 0. The number of hydrogen-bond donors (Lipinski definition) is 1. The average molecular weight is 224 g/mol. The molecule has 0 radical (unpaired) electrons. The van der Waals surface area contributed by atoms with Gasteiger partial charge in [-0.25, -0.2) is 0 Å². The SMILES string of the molecule is CCC(C)(C)CN1CCCC(NC2CC2)C1. The summed E-state index contributed by atoms with van der Waals surface area (Å²) in [7, 11) is 0. The summed E-state index contributed by atoms with van der Waals surface area (Å²) in [5.41, 5.74) is 0.488. The molecular weight excluding hydrogens is 196 g/mol. The van der Waals surface area contributed by atoms with Crippen molar-refractivity contribution >= 4 is 0 Å². The highest BCUT2D eigenvalue weighted by Crippen LogP contribution is 2.25. The van der Waals surface area contributed by atoms with E-state index < -0.39 is 0 Å². The second-order valence-electron chi connectivity index (χ2n) is 6.53. The molecule has 2 fully saturated rings. The number of piperidine rings is 1. The zero-order chi connectivity index (χ0) is 11.6. The van der Waals surface area contributed by atoms with Crippen LogP contribution >= 0.6 is 0 Å². The van der Waals surface area contributed by atoms with Gasteiger partial charge in [0.15, 0.2) is 0 Å². The van der Waals surface area contributed by atoms with Gasteiger partial charge < -0.3 is 10.2 Å². The molecule has 0 aromatic rings. The Hall–Kier alpha value is -0.0800. The molecule has 94 valence electrons. The van der Waals surface area contributed by atoms with Crippen LogP contribution in [0.3, 0.4) is 0 Å². The minimum Gasteiger partial charge on any atom is -0.310 e. The molecule has 1 saturated heterocycles. The highest BCUT2D eigenvalue weighted by atomic mass is 15.2. The molecule has 2 aliphatic rings. The summed E-state index contributed by atoms with van der Waals surface area (Å²) in [4.78, 5) is 2.67. The Bertz CT molecular complexity index is 221. The second kappa shape index (κ2) is 5.05. The maximum absolute atomic E-state index is 3.78. The molecule has 0 spiro atoms. The number of likely N-dealkylation sites (tertiary alicyclic amines) is 1. The summed E-state index contributed by atoms with van der Waals surface area (Å²) < 4.78 is 0. The first-order valence-electron chi connectivity index (χ1n) is 7.07. The molecule has 1 unspecified atom stereocenters. The minimum atomic E-state index is 0.488. The highest BCUT2D eigenvalue weighted by molar-refractivity contribution is 4.88. The van der Waals surface area contributed by atoms with Gasteiger partial charge in [0.2, 0.25) is 0 Å². The van der Waals surface area contributed by atoms with E-state index in [9.17, 15) is 0 Å². The summed E-state index contributed by atoms with van der Waals surface area (Å²) in [5, 5.41) is 3.78. The summed E-state index contributed by atoms with van der Waals surface area (Å²) in [6, 6.07) is 1.64. The lowest BCUT2D eigenvalue weighted by Gasteiger charge is -2.38. The van der Waals surface area contributed by atoms with Crippen molar-refractivity contribution in [3.63, 3.8) is 0 Å². The standard InChI is InChI=1S/C14H28N2/c1-4-14(2,3)11-16-9-5-6-13(10-16)15-12-7-8-12/h12-13,15H,4-11H2,1-3H3. The molecule has 1 N–H and O–H groups in total. The van der Waals surface area contributed by atoms with Crippen molar-refractivity contribution in [2.45, 2.75) is 65.0 Å². The van der Waals surface area contributed by atoms with Crippen molar-refractivity contribution in [2.75, 3.05) is 19.6 Å².